The van der Waals surface area contributed by atoms with Crippen LogP contribution in [0.3, 0.4) is 0 Å². The van der Waals surface area contributed by atoms with Gasteiger partial charge < -0.3 is 14.3 Å². The van der Waals surface area contributed by atoms with Gasteiger partial charge in [0.15, 0.2) is 11.6 Å². The van der Waals surface area contributed by atoms with Crippen molar-refractivity contribution in [1.29, 1.82) is 0 Å². The summed E-state index contributed by atoms with van der Waals surface area (Å²) in [5, 5.41) is 9.17. The fraction of sp³-hybridized carbons (Fsp3) is 0.318. The fourth-order valence-electron chi connectivity index (χ4n) is 3.91. The molecule has 1 saturated carbocycles. The molecule has 1 amide bonds. The third-order valence-corrected chi connectivity index (χ3v) is 6.90. The number of carboxylic acids is 1. The number of nitrogens with zero attached hydrogens (tertiary/aromatic N) is 1. The second kappa shape index (κ2) is 8.84. The van der Waals surface area contributed by atoms with E-state index in [0.717, 1.165) is 0 Å². The van der Waals surface area contributed by atoms with Gasteiger partial charge in [-0.3, -0.25) is 14.5 Å². The summed E-state index contributed by atoms with van der Waals surface area (Å²) in [6.07, 6.45) is 3.94. The molecule has 1 aromatic heterocycles. The Kier molecular flexibility index (Phi) is 6.15. The van der Waals surface area contributed by atoms with Crippen LogP contribution in [0.25, 0.3) is 17.4 Å². The Bertz CT molecular complexity index is 1070. The van der Waals surface area contributed by atoms with Crippen molar-refractivity contribution in [3.8, 4) is 17.1 Å². The number of halogens is 1. The number of thioether (sulfide) groups is 1. The van der Waals surface area contributed by atoms with Crippen molar-refractivity contribution in [2.24, 2.45) is 5.92 Å². The number of hydrogen-bond acceptors (Lipinski definition) is 6. The maximum absolute atomic E-state index is 14.0. The van der Waals surface area contributed by atoms with Gasteiger partial charge in [-0.15, -0.1) is 0 Å². The summed E-state index contributed by atoms with van der Waals surface area (Å²) in [4.78, 5) is 26.2. The van der Waals surface area contributed by atoms with E-state index < -0.39 is 11.8 Å². The highest BCUT2D eigenvalue weighted by atomic mass is 32.2. The molecule has 1 saturated heterocycles. The first-order valence-corrected chi connectivity index (χ1v) is 11.0. The van der Waals surface area contributed by atoms with Crippen molar-refractivity contribution < 1.29 is 28.2 Å². The molecule has 2 fully saturated rings. The number of carbonyl (C=O) groups is 2. The van der Waals surface area contributed by atoms with Crippen LogP contribution in [-0.2, 0) is 9.59 Å². The number of carbonyl (C=O) groups excluding carboxylic acids is 1. The standard InChI is InChI=1S/C22H20FNO5S2/c1-28-18-8-4-13(10-16(18)23)17-9-7-15(29-17)11-19-20(25)24(22(30)31-19)14-5-2-12(3-6-14)21(26)27/h4,7-12,14H,2-3,5-6H2,1H3,(H,26,27). The summed E-state index contributed by atoms with van der Waals surface area (Å²) in [5.41, 5.74) is 0.556. The lowest BCUT2D eigenvalue weighted by atomic mass is 9.85. The number of hydrogen-bond donors (Lipinski definition) is 1. The van der Waals surface area contributed by atoms with Crippen LogP contribution in [0.2, 0.25) is 0 Å². The Hall–Kier alpha value is -2.65. The highest BCUT2D eigenvalue weighted by Crippen LogP contribution is 2.39. The molecule has 31 heavy (non-hydrogen) atoms. The average molecular weight is 462 g/mol. The first kappa shape index (κ1) is 21.6. The van der Waals surface area contributed by atoms with E-state index >= 15 is 0 Å². The number of ether oxygens (including phenoxy) is 1. The molecule has 2 heterocycles. The van der Waals surface area contributed by atoms with Crippen LogP contribution in [-0.4, -0.2) is 39.4 Å². The van der Waals surface area contributed by atoms with E-state index in [2.05, 4.69) is 0 Å². The third kappa shape index (κ3) is 4.38. The monoisotopic (exact) mass is 461 g/mol. The van der Waals surface area contributed by atoms with Gasteiger partial charge in [0, 0.05) is 17.7 Å². The number of thiocarbonyl (C=S) groups is 1. The van der Waals surface area contributed by atoms with Gasteiger partial charge in [-0.1, -0.05) is 24.0 Å². The van der Waals surface area contributed by atoms with Gasteiger partial charge in [0.25, 0.3) is 5.91 Å². The van der Waals surface area contributed by atoms with Crippen molar-refractivity contribution in [1.82, 2.24) is 4.90 Å². The molecule has 1 aliphatic carbocycles. The number of amides is 1. The highest BCUT2D eigenvalue weighted by Gasteiger charge is 2.39. The van der Waals surface area contributed by atoms with Gasteiger partial charge in [-0.2, -0.15) is 0 Å². The smallest absolute Gasteiger partial charge is 0.306 e. The second-order valence-corrected chi connectivity index (χ2v) is 9.12. The Balaban J connectivity index is 1.49. The molecule has 4 rings (SSSR count). The molecule has 2 aliphatic rings. The van der Waals surface area contributed by atoms with Gasteiger partial charge in [0.1, 0.15) is 15.8 Å². The minimum absolute atomic E-state index is 0.0802. The molecule has 0 atom stereocenters. The fourth-order valence-corrected chi connectivity index (χ4v) is 5.29. The average Bonchev–Trinajstić information content (AvgIpc) is 3.32. The quantitative estimate of drug-likeness (QED) is 0.499. The van der Waals surface area contributed by atoms with Crippen LogP contribution in [0.5, 0.6) is 5.75 Å². The maximum atomic E-state index is 14.0. The topological polar surface area (TPSA) is 80.0 Å². The summed E-state index contributed by atoms with van der Waals surface area (Å²) in [6, 6.07) is 7.88. The zero-order valence-corrected chi connectivity index (χ0v) is 18.3. The lowest BCUT2D eigenvalue weighted by Crippen LogP contribution is -2.41. The lowest BCUT2D eigenvalue weighted by Gasteiger charge is -2.32. The van der Waals surface area contributed by atoms with Crippen molar-refractivity contribution in [2.45, 2.75) is 31.7 Å². The zero-order valence-electron chi connectivity index (χ0n) is 16.7. The third-order valence-electron chi connectivity index (χ3n) is 5.57. The van der Waals surface area contributed by atoms with Crippen LogP contribution in [0.4, 0.5) is 4.39 Å². The zero-order chi connectivity index (χ0) is 22.1. The molecule has 0 radical (unpaired) electrons. The maximum Gasteiger partial charge on any atom is 0.306 e. The van der Waals surface area contributed by atoms with Gasteiger partial charge in [0.2, 0.25) is 0 Å². The molecular weight excluding hydrogens is 441 g/mol. The minimum Gasteiger partial charge on any atom is -0.494 e. The summed E-state index contributed by atoms with van der Waals surface area (Å²) in [5.74, 6) is -0.740. The van der Waals surface area contributed by atoms with E-state index in [0.29, 0.717) is 52.0 Å². The summed E-state index contributed by atoms with van der Waals surface area (Å²) < 4.78 is 25.2. The summed E-state index contributed by atoms with van der Waals surface area (Å²) in [7, 11) is 1.40. The predicted octanol–water partition coefficient (Wildman–Crippen LogP) is 4.94. The highest BCUT2D eigenvalue weighted by molar-refractivity contribution is 8.26. The predicted molar refractivity (Wildman–Crippen MR) is 119 cm³/mol. The second-order valence-electron chi connectivity index (χ2n) is 7.45. The Morgan fingerprint density at radius 2 is 2.03 bits per heavy atom. The number of rotatable bonds is 5. The van der Waals surface area contributed by atoms with Crippen molar-refractivity contribution in [3.05, 3.63) is 46.8 Å². The largest absolute Gasteiger partial charge is 0.494 e. The first-order valence-electron chi connectivity index (χ1n) is 9.81. The molecule has 6 nitrogen and oxygen atoms in total. The van der Waals surface area contributed by atoms with Gasteiger partial charge in [0.05, 0.1) is 17.9 Å². The van der Waals surface area contributed by atoms with Crippen molar-refractivity contribution in [2.75, 3.05) is 7.11 Å². The molecule has 1 aliphatic heterocycles. The molecule has 1 aromatic carbocycles. The van der Waals surface area contributed by atoms with Crippen LogP contribution in [0, 0.1) is 11.7 Å². The van der Waals surface area contributed by atoms with Crippen LogP contribution in [0.1, 0.15) is 31.4 Å². The molecule has 1 N–H and O–H groups in total. The molecule has 2 aromatic rings. The number of methoxy groups -OCH3 is 1. The lowest BCUT2D eigenvalue weighted by molar-refractivity contribution is -0.143. The first-order chi connectivity index (χ1) is 14.9. The SMILES string of the molecule is COc1ccc(-c2ccc(C=C3SC(=S)N(C4CCC(C(=O)O)CC4)C3=O)o2)cc1F. The van der Waals surface area contributed by atoms with E-state index in [1.165, 1.54) is 31.0 Å². The Labute approximate surface area is 188 Å². The molecule has 162 valence electrons. The molecule has 9 heteroatoms. The van der Waals surface area contributed by atoms with E-state index in [1.54, 1.807) is 29.2 Å². The van der Waals surface area contributed by atoms with Crippen molar-refractivity contribution in [3.63, 3.8) is 0 Å². The van der Waals surface area contributed by atoms with Crippen LogP contribution >= 0.6 is 24.0 Å². The van der Waals surface area contributed by atoms with E-state index in [9.17, 15) is 14.0 Å². The summed E-state index contributed by atoms with van der Waals surface area (Å²) in [6.45, 7) is 0. The number of benzene rings is 1. The van der Waals surface area contributed by atoms with Crippen LogP contribution in [0.15, 0.2) is 39.7 Å². The van der Waals surface area contributed by atoms with Crippen molar-refractivity contribution >= 4 is 46.3 Å². The molecule has 0 unspecified atom stereocenters. The summed E-state index contributed by atoms with van der Waals surface area (Å²) >= 11 is 6.63. The van der Waals surface area contributed by atoms with Gasteiger partial charge in [-0.05, 0) is 56.0 Å². The van der Waals surface area contributed by atoms with E-state index in [1.807, 2.05) is 0 Å². The number of furan rings is 1. The Morgan fingerprint density at radius 3 is 2.68 bits per heavy atom. The minimum atomic E-state index is -0.783. The van der Waals surface area contributed by atoms with E-state index in [4.69, 9.17) is 26.5 Å². The number of carboxylic acid groups (broad SMARTS) is 1. The normalized spacial score (nSPS) is 22.9. The van der Waals surface area contributed by atoms with Crippen LogP contribution < -0.4 is 4.74 Å². The number of aliphatic carboxylic acids is 1. The molecule has 0 bridgehead atoms. The molecular formula is C22H20FNO5S2. The van der Waals surface area contributed by atoms with E-state index in [-0.39, 0.29) is 23.6 Å². The van der Waals surface area contributed by atoms with Gasteiger partial charge >= 0.3 is 5.97 Å². The Morgan fingerprint density at radius 1 is 1.29 bits per heavy atom. The molecule has 0 spiro atoms. The van der Waals surface area contributed by atoms with Gasteiger partial charge in [-0.25, -0.2) is 4.39 Å².